The summed E-state index contributed by atoms with van der Waals surface area (Å²) in [7, 11) is 0. The number of halogens is 3. The summed E-state index contributed by atoms with van der Waals surface area (Å²) in [5, 5.41) is 5.28. The highest BCUT2D eigenvalue weighted by atomic mass is 79.9. The minimum absolute atomic E-state index is 0.305. The Kier molecular flexibility index (Phi) is 4.90. The Morgan fingerprint density at radius 1 is 1.26 bits per heavy atom. The molecule has 19 heavy (non-hydrogen) atoms. The Balaban J connectivity index is 2.83. The number of carbonyl (C=O) groups excluding carboxylic acids is 1. The van der Waals surface area contributed by atoms with Crippen molar-refractivity contribution in [3.63, 3.8) is 0 Å². The molecule has 0 aliphatic carbocycles. The first-order valence-corrected chi connectivity index (χ1v) is 6.62. The Bertz CT molecular complexity index is 463. The molecule has 1 unspecified atom stereocenters. The Labute approximate surface area is 119 Å². The second kappa shape index (κ2) is 5.86. The zero-order chi connectivity index (χ0) is 14.8. The molecule has 0 spiro atoms. The van der Waals surface area contributed by atoms with E-state index in [1.54, 1.807) is 6.92 Å². The van der Waals surface area contributed by atoms with Crippen molar-refractivity contribution in [2.75, 3.05) is 5.32 Å². The molecule has 0 radical (unpaired) electrons. The van der Waals surface area contributed by atoms with Gasteiger partial charge in [-0.1, -0.05) is 15.9 Å². The molecule has 0 aromatic heterocycles. The van der Waals surface area contributed by atoms with Crippen LogP contribution >= 0.6 is 15.9 Å². The third kappa shape index (κ3) is 4.78. The number of carbonyl (C=O) groups is 1. The van der Waals surface area contributed by atoms with Gasteiger partial charge >= 0.3 is 0 Å². The predicted octanol–water partition coefficient (Wildman–Crippen LogP) is 3.44. The quantitative estimate of drug-likeness (QED) is 0.888. The Morgan fingerprint density at radius 3 is 2.16 bits per heavy atom. The fourth-order valence-electron chi connectivity index (χ4n) is 1.44. The van der Waals surface area contributed by atoms with Crippen LogP contribution in [0.4, 0.5) is 14.5 Å². The van der Waals surface area contributed by atoms with Gasteiger partial charge in [-0.25, -0.2) is 8.78 Å². The van der Waals surface area contributed by atoms with E-state index in [-0.39, 0.29) is 11.6 Å². The van der Waals surface area contributed by atoms with Crippen molar-refractivity contribution in [2.45, 2.75) is 39.3 Å². The highest BCUT2D eigenvalue weighted by Crippen LogP contribution is 2.24. The lowest BCUT2D eigenvalue weighted by Crippen LogP contribution is -2.47. The van der Waals surface area contributed by atoms with Crippen LogP contribution < -0.4 is 10.6 Å². The van der Waals surface area contributed by atoms with Gasteiger partial charge in [-0.2, -0.15) is 0 Å². The van der Waals surface area contributed by atoms with Gasteiger partial charge in [0.15, 0.2) is 0 Å². The summed E-state index contributed by atoms with van der Waals surface area (Å²) in [4.78, 5) is 11.8. The topological polar surface area (TPSA) is 41.1 Å². The summed E-state index contributed by atoms with van der Waals surface area (Å²) in [6.07, 6.45) is 0. The van der Waals surface area contributed by atoms with Crippen molar-refractivity contribution in [1.82, 2.24) is 5.32 Å². The Morgan fingerprint density at radius 2 is 1.74 bits per heavy atom. The highest BCUT2D eigenvalue weighted by molar-refractivity contribution is 9.10. The summed E-state index contributed by atoms with van der Waals surface area (Å²) in [6.45, 7) is 7.04. The second-order valence-corrected chi connectivity index (χ2v) is 6.27. The molecule has 1 aromatic rings. The van der Waals surface area contributed by atoms with Gasteiger partial charge < -0.3 is 10.6 Å². The van der Waals surface area contributed by atoms with E-state index in [1.165, 1.54) is 0 Å². The van der Waals surface area contributed by atoms with Crippen LogP contribution in [0.2, 0.25) is 0 Å². The zero-order valence-electron chi connectivity index (χ0n) is 11.3. The number of anilines is 1. The Hall–Kier alpha value is -1.17. The van der Waals surface area contributed by atoms with E-state index in [1.807, 2.05) is 20.8 Å². The standard InChI is InChI=1S/C13H17BrF2N2O/c1-7(12(19)18-13(2,3)4)17-11-9(15)5-8(14)6-10(11)16/h5-7,17H,1-4H3,(H,18,19). The van der Waals surface area contributed by atoms with Crippen LogP contribution in [0.5, 0.6) is 0 Å². The predicted molar refractivity (Wildman–Crippen MR) is 75.0 cm³/mol. The molecule has 0 aliphatic rings. The van der Waals surface area contributed by atoms with Crippen LogP contribution in [-0.2, 0) is 4.79 Å². The van der Waals surface area contributed by atoms with Crippen molar-refractivity contribution in [1.29, 1.82) is 0 Å². The van der Waals surface area contributed by atoms with E-state index in [0.717, 1.165) is 12.1 Å². The van der Waals surface area contributed by atoms with Crippen molar-refractivity contribution in [3.8, 4) is 0 Å². The van der Waals surface area contributed by atoms with Gasteiger partial charge in [0.25, 0.3) is 0 Å². The van der Waals surface area contributed by atoms with Gasteiger partial charge in [0, 0.05) is 10.0 Å². The molecule has 106 valence electrons. The van der Waals surface area contributed by atoms with E-state index < -0.39 is 23.2 Å². The van der Waals surface area contributed by atoms with E-state index in [2.05, 4.69) is 26.6 Å². The van der Waals surface area contributed by atoms with Crippen LogP contribution in [0, 0.1) is 11.6 Å². The normalized spacial score (nSPS) is 13.0. The maximum Gasteiger partial charge on any atom is 0.242 e. The molecule has 0 aliphatic heterocycles. The van der Waals surface area contributed by atoms with Gasteiger partial charge in [-0.05, 0) is 39.8 Å². The first-order valence-electron chi connectivity index (χ1n) is 5.83. The first kappa shape index (κ1) is 15.9. The summed E-state index contributed by atoms with van der Waals surface area (Å²) in [6, 6.07) is 1.53. The van der Waals surface area contributed by atoms with Crippen LogP contribution in [0.25, 0.3) is 0 Å². The molecular weight excluding hydrogens is 318 g/mol. The van der Waals surface area contributed by atoms with Gasteiger partial charge in [0.2, 0.25) is 5.91 Å². The summed E-state index contributed by atoms with van der Waals surface area (Å²) < 4.78 is 27.5. The number of amides is 1. The lowest BCUT2D eigenvalue weighted by atomic mass is 10.1. The first-order chi connectivity index (χ1) is 8.60. The third-order valence-electron chi connectivity index (χ3n) is 2.26. The van der Waals surface area contributed by atoms with Crippen molar-refractivity contribution < 1.29 is 13.6 Å². The van der Waals surface area contributed by atoms with Gasteiger partial charge in [0.1, 0.15) is 23.4 Å². The molecule has 3 nitrogen and oxygen atoms in total. The number of benzene rings is 1. The molecule has 0 fully saturated rings. The molecule has 2 N–H and O–H groups in total. The lowest BCUT2D eigenvalue weighted by Gasteiger charge is -2.24. The van der Waals surface area contributed by atoms with E-state index in [4.69, 9.17) is 0 Å². The molecule has 0 bridgehead atoms. The molecular formula is C13H17BrF2N2O. The largest absolute Gasteiger partial charge is 0.369 e. The summed E-state index contributed by atoms with van der Waals surface area (Å²) >= 11 is 2.99. The minimum Gasteiger partial charge on any atom is -0.369 e. The summed E-state index contributed by atoms with van der Waals surface area (Å²) in [5.74, 6) is -1.82. The van der Waals surface area contributed by atoms with Crippen molar-refractivity contribution in [3.05, 3.63) is 28.2 Å². The SMILES string of the molecule is CC(Nc1c(F)cc(Br)cc1F)C(=O)NC(C)(C)C. The average molecular weight is 335 g/mol. The molecule has 1 rings (SSSR count). The van der Waals surface area contributed by atoms with Gasteiger partial charge in [0.05, 0.1) is 0 Å². The van der Waals surface area contributed by atoms with Crippen LogP contribution in [0.1, 0.15) is 27.7 Å². The van der Waals surface area contributed by atoms with Gasteiger partial charge in [-0.15, -0.1) is 0 Å². The van der Waals surface area contributed by atoms with Crippen LogP contribution in [-0.4, -0.2) is 17.5 Å². The fourth-order valence-corrected chi connectivity index (χ4v) is 1.84. The molecule has 0 heterocycles. The zero-order valence-corrected chi connectivity index (χ0v) is 12.9. The van der Waals surface area contributed by atoms with E-state index in [9.17, 15) is 13.6 Å². The molecule has 1 amide bonds. The van der Waals surface area contributed by atoms with E-state index >= 15 is 0 Å². The molecule has 6 heteroatoms. The van der Waals surface area contributed by atoms with E-state index in [0.29, 0.717) is 4.47 Å². The summed E-state index contributed by atoms with van der Waals surface area (Å²) in [5.41, 5.74) is -0.705. The van der Waals surface area contributed by atoms with Crippen LogP contribution in [0.15, 0.2) is 16.6 Å². The number of rotatable bonds is 3. The lowest BCUT2D eigenvalue weighted by molar-refractivity contribution is -0.122. The minimum atomic E-state index is -0.748. The number of hydrogen-bond acceptors (Lipinski definition) is 2. The molecule has 1 aromatic carbocycles. The van der Waals surface area contributed by atoms with Gasteiger partial charge in [-0.3, -0.25) is 4.79 Å². The number of hydrogen-bond donors (Lipinski definition) is 2. The smallest absolute Gasteiger partial charge is 0.242 e. The molecule has 1 atom stereocenters. The maximum absolute atomic E-state index is 13.6. The highest BCUT2D eigenvalue weighted by Gasteiger charge is 2.21. The fraction of sp³-hybridized carbons (Fsp3) is 0.462. The second-order valence-electron chi connectivity index (χ2n) is 5.35. The average Bonchev–Trinajstić information content (AvgIpc) is 2.20. The number of nitrogens with one attached hydrogen (secondary N) is 2. The molecule has 0 saturated heterocycles. The maximum atomic E-state index is 13.6. The van der Waals surface area contributed by atoms with Crippen molar-refractivity contribution in [2.24, 2.45) is 0 Å². The monoisotopic (exact) mass is 334 g/mol. The van der Waals surface area contributed by atoms with Crippen molar-refractivity contribution >= 4 is 27.5 Å². The third-order valence-corrected chi connectivity index (χ3v) is 2.72. The molecule has 0 saturated carbocycles. The van der Waals surface area contributed by atoms with Crippen LogP contribution in [0.3, 0.4) is 0 Å².